The molecule has 2 atom stereocenters. The molecule has 0 aliphatic carbocycles. The van der Waals surface area contributed by atoms with E-state index in [-0.39, 0.29) is 5.92 Å². The fourth-order valence-electron chi connectivity index (χ4n) is 2.99. The summed E-state index contributed by atoms with van der Waals surface area (Å²) in [5, 5.41) is 3.45. The Balaban J connectivity index is 2.70. The van der Waals surface area contributed by atoms with Crippen LogP contribution in [0.3, 0.4) is 0 Å². The van der Waals surface area contributed by atoms with Crippen LogP contribution in [0.5, 0.6) is 0 Å². The molecule has 19 heavy (non-hydrogen) atoms. The van der Waals surface area contributed by atoms with Gasteiger partial charge in [-0.3, -0.25) is 4.79 Å². The van der Waals surface area contributed by atoms with Crippen LogP contribution in [-0.2, 0) is 4.79 Å². The van der Waals surface area contributed by atoms with Gasteiger partial charge in [-0.25, -0.2) is 0 Å². The zero-order valence-electron chi connectivity index (χ0n) is 13.4. The van der Waals surface area contributed by atoms with E-state index in [0.717, 1.165) is 38.8 Å². The minimum atomic E-state index is 0.190. The van der Waals surface area contributed by atoms with Gasteiger partial charge >= 0.3 is 0 Å². The van der Waals surface area contributed by atoms with E-state index in [1.54, 1.807) is 0 Å². The van der Waals surface area contributed by atoms with Crippen molar-refractivity contribution < 1.29 is 4.79 Å². The number of hydrogen-bond acceptors (Lipinski definition) is 2. The molecule has 1 fully saturated rings. The molecule has 2 unspecified atom stereocenters. The third-order valence-corrected chi connectivity index (χ3v) is 4.24. The minimum Gasteiger partial charge on any atom is -0.339 e. The van der Waals surface area contributed by atoms with Crippen LogP contribution >= 0.6 is 0 Å². The van der Waals surface area contributed by atoms with Crippen molar-refractivity contribution in [3.8, 4) is 0 Å². The third kappa shape index (κ3) is 4.79. The zero-order chi connectivity index (χ0) is 14.4. The van der Waals surface area contributed by atoms with E-state index >= 15 is 0 Å². The van der Waals surface area contributed by atoms with Crippen molar-refractivity contribution >= 4 is 5.91 Å². The maximum atomic E-state index is 12.8. The van der Waals surface area contributed by atoms with Crippen molar-refractivity contribution in [2.75, 3.05) is 13.1 Å². The second kappa shape index (κ2) is 7.88. The first-order valence-electron chi connectivity index (χ1n) is 8.03. The van der Waals surface area contributed by atoms with E-state index in [1.165, 1.54) is 0 Å². The van der Waals surface area contributed by atoms with E-state index in [9.17, 15) is 4.79 Å². The Morgan fingerprint density at radius 1 is 1.26 bits per heavy atom. The molecule has 1 saturated heterocycles. The van der Waals surface area contributed by atoms with Crippen LogP contribution in [0.25, 0.3) is 0 Å². The van der Waals surface area contributed by atoms with Gasteiger partial charge in [0.2, 0.25) is 5.91 Å². The average molecular weight is 268 g/mol. The number of hydrogen-bond donors (Lipinski definition) is 1. The Kier molecular flexibility index (Phi) is 6.84. The molecule has 0 aromatic carbocycles. The lowest BCUT2D eigenvalue weighted by Crippen LogP contribution is -2.49. The van der Waals surface area contributed by atoms with E-state index in [1.807, 2.05) is 0 Å². The lowest BCUT2D eigenvalue weighted by atomic mass is 9.93. The first-order valence-corrected chi connectivity index (χ1v) is 8.03. The summed E-state index contributed by atoms with van der Waals surface area (Å²) in [5.74, 6) is 1.11. The smallest absolute Gasteiger partial charge is 0.227 e. The van der Waals surface area contributed by atoms with Gasteiger partial charge in [-0.1, -0.05) is 27.7 Å². The zero-order valence-corrected chi connectivity index (χ0v) is 13.4. The Bertz CT molecular complexity index is 266. The Labute approximate surface area is 119 Å². The van der Waals surface area contributed by atoms with Gasteiger partial charge in [0.25, 0.3) is 0 Å². The third-order valence-electron chi connectivity index (χ3n) is 4.24. The largest absolute Gasteiger partial charge is 0.339 e. The van der Waals surface area contributed by atoms with Crippen LogP contribution < -0.4 is 5.32 Å². The van der Waals surface area contributed by atoms with Gasteiger partial charge in [0.1, 0.15) is 0 Å². The van der Waals surface area contributed by atoms with Crippen molar-refractivity contribution in [1.82, 2.24) is 10.2 Å². The first-order chi connectivity index (χ1) is 8.99. The number of carbonyl (C=O) groups excluding carboxylic acids is 1. The maximum absolute atomic E-state index is 12.8. The summed E-state index contributed by atoms with van der Waals surface area (Å²) in [5.41, 5.74) is 0. The number of amides is 1. The van der Waals surface area contributed by atoms with Gasteiger partial charge in [0.05, 0.1) is 5.92 Å². The molecule has 1 rings (SSSR count). The summed E-state index contributed by atoms with van der Waals surface area (Å²) in [6.45, 7) is 12.7. The first kappa shape index (κ1) is 16.5. The molecule has 0 radical (unpaired) electrons. The highest BCUT2D eigenvalue weighted by Gasteiger charge is 2.30. The summed E-state index contributed by atoms with van der Waals surface area (Å²) in [6, 6.07) is 0.977. The number of carbonyl (C=O) groups is 1. The second-order valence-corrected chi connectivity index (χ2v) is 6.44. The van der Waals surface area contributed by atoms with Crippen LogP contribution in [0.15, 0.2) is 0 Å². The lowest BCUT2D eigenvalue weighted by molar-refractivity contribution is -0.139. The van der Waals surface area contributed by atoms with Crippen LogP contribution in [-0.4, -0.2) is 36.0 Å². The monoisotopic (exact) mass is 268 g/mol. The van der Waals surface area contributed by atoms with Gasteiger partial charge in [0, 0.05) is 25.2 Å². The normalized spacial score (nSPS) is 23.9. The predicted octanol–water partition coefficient (Wildman–Crippen LogP) is 3.05. The van der Waals surface area contributed by atoms with Crippen molar-refractivity contribution in [2.24, 2.45) is 11.8 Å². The summed E-state index contributed by atoms with van der Waals surface area (Å²) in [7, 11) is 0. The van der Waals surface area contributed by atoms with Crippen LogP contribution in [0.2, 0.25) is 0 Å². The minimum absolute atomic E-state index is 0.190. The quantitative estimate of drug-likeness (QED) is 0.803. The Morgan fingerprint density at radius 3 is 2.32 bits per heavy atom. The molecule has 1 aliphatic rings. The highest BCUT2D eigenvalue weighted by Crippen LogP contribution is 2.21. The predicted molar refractivity (Wildman–Crippen MR) is 81.1 cm³/mol. The number of nitrogens with one attached hydrogen (secondary N) is 1. The molecule has 1 amide bonds. The molecule has 1 heterocycles. The molecule has 1 aliphatic heterocycles. The van der Waals surface area contributed by atoms with Gasteiger partial charge in [0.15, 0.2) is 0 Å². The Hall–Kier alpha value is -0.570. The van der Waals surface area contributed by atoms with Crippen molar-refractivity contribution in [2.45, 2.75) is 72.4 Å². The van der Waals surface area contributed by atoms with E-state index in [0.29, 0.717) is 23.9 Å². The summed E-state index contributed by atoms with van der Waals surface area (Å²) >= 11 is 0. The van der Waals surface area contributed by atoms with Crippen molar-refractivity contribution in [3.63, 3.8) is 0 Å². The SMILES string of the molecule is CCC(CC)N(CC(C)C)C(=O)C1CCC(C)NC1. The molecule has 3 heteroatoms. The molecule has 1 N–H and O–H groups in total. The van der Waals surface area contributed by atoms with Crippen LogP contribution in [0.1, 0.15) is 60.3 Å². The fraction of sp³-hybridized carbons (Fsp3) is 0.938. The van der Waals surface area contributed by atoms with Gasteiger partial charge in [-0.2, -0.15) is 0 Å². The average Bonchev–Trinajstić information content (AvgIpc) is 2.38. The number of nitrogens with zero attached hydrogens (tertiary/aromatic N) is 1. The molecule has 112 valence electrons. The van der Waals surface area contributed by atoms with Crippen LogP contribution in [0.4, 0.5) is 0 Å². The number of rotatable bonds is 6. The van der Waals surface area contributed by atoms with E-state index in [2.05, 4.69) is 44.8 Å². The molecule has 0 aromatic rings. The highest BCUT2D eigenvalue weighted by molar-refractivity contribution is 5.79. The molecule has 0 bridgehead atoms. The molecule has 0 saturated carbocycles. The van der Waals surface area contributed by atoms with E-state index in [4.69, 9.17) is 0 Å². The second-order valence-electron chi connectivity index (χ2n) is 6.44. The lowest BCUT2D eigenvalue weighted by Gasteiger charge is -2.37. The standard InChI is InChI=1S/C16H32N2O/c1-6-15(7-2)18(11-12(3)4)16(19)14-9-8-13(5)17-10-14/h12-15,17H,6-11H2,1-5H3. The molecule has 0 spiro atoms. The van der Waals surface area contributed by atoms with Gasteiger partial charge < -0.3 is 10.2 Å². The maximum Gasteiger partial charge on any atom is 0.227 e. The van der Waals surface area contributed by atoms with Gasteiger partial charge in [-0.05, 0) is 38.5 Å². The molecular formula is C16H32N2O. The van der Waals surface area contributed by atoms with Crippen molar-refractivity contribution in [3.05, 3.63) is 0 Å². The van der Waals surface area contributed by atoms with Crippen molar-refractivity contribution in [1.29, 1.82) is 0 Å². The van der Waals surface area contributed by atoms with Gasteiger partial charge in [-0.15, -0.1) is 0 Å². The summed E-state index contributed by atoms with van der Waals surface area (Å²) in [4.78, 5) is 14.9. The molecular weight excluding hydrogens is 236 g/mol. The van der Waals surface area contributed by atoms with E-state index < -0.39 is 0 Å². The van der Waals surface area contributed by atoms with Crippen LogP contribution in [0, 0.1) is 11.8 Å². The number of piperidine rings is 1. The fourth-order valence-corrected chi connectivity index (χ4v) is 2.99. The topological polar surface area (TPSA) is 32.3 Å². The molecule has 3 nitrogen and oxygen atoms in total. The summed E-state index contributed by atoms with van der Waals surface area (Å²) in [6.07, 6.45) is 4.29. The highest BCUT2D eigenvalue weighted by atomic mass is 16.2. The Morgan fingerprint density at radius 2 is 1.89 bits per heavy atom. The molecule has 0 aromatic heterocycles. The summed E-state index contributed by atoms with van der Waals surface area (Å²) < 4.78 is 0.